The molecule has 2 aromatic carbocycles. The van der Waals surface area contributed by atoms with E-state index in [-0.39, 0.29) is 11.8 Å². The molecule has 33 heavy (non-hydrogen) atoms. The van der Waals surface area contributed by atoms with Crippen molar-refractivity contribution in [1.29, 1.82) is 0 Å². The molecular weight excluding hydrogens is 430 g/mol. The first kappa shape index (κ1) is 21.5. The maximum atomic E-state index is 13.7. The molecule has 5 rings (SSSR count). The number of amides is 2. The molecule has 0 saturated carbocycles. The number of carbonyl (C=O) groups is 2. The highest BCUT2D eigenvalue weighted by Crippen LogP contribution is 2.35. The Kier molecular flexibility index (Phi) is 5.54. The maximum Gasteiger partial charge on any atom is 0.271 e. The minimum Gasteiger partial charge on any atom is -0.350 e. The first-order valence-electron chi connectivity index (χ1n) is 11.3. The molecule has 0 unspecified atom stereocenters. The van der Waals surface area contributed by atoms with Crippen LogP contribution in [0.25, 0.3) is 10.2 Å². The fourth-order valence-corrected chi connectivity index (χ4v) is 5.43. The van der Waals surface area contributed by atoms with Gasteiger partial charge in [-0.15, -0.1) is 11.3 Å². The summed E-state index contributed by atoms with van der Waals surface area (Å²) in [6, 6.07) is 22.1. The van der Waals surface area contributed by atoms with Gasteiger partial charge in [0.1, 0.15) is 16.1 Å². The van der Waals surface area contributed by atoms with Crippen molar-refractivity contribution in [3.8, 4) is 0 Å². The average Bonchev–Trinajstić information content (AvgIpc) is 3.44. The van der Waals surface area contributed by atoms with Crippen molar-refractivity contribution in [3.05, 3.63) is 94.5 Å². The number of aryl methyl sites for hydroxylation is 1. The Labute approximate surface area is 197 Å². The lowest BCUT2D eigenvalue weighted by Gasteiger charge is -2.44. The van der Waals surface area contributed by atoms with Crippen molar-refractivity contribution in [2.24, 2.45) is 0 Å². The zero-order valence-corrected chi connectivity index (χ0v) is 19.7. The van der Waals surface area contributed by atoms with Gasteiger partial charge in [-0.05, 0) is 47.5 Å². The number of nitrogens with one attached hydrogen (secondary N) is 1. The number of nitrogens with zero attached hydrogens (tertiary/aromatic N) is 2. The summed E-state index contributed by atoms with van der Waals surface area (Å²) < 4.78 is 2.01. The normalized spacial score (nSPS) is 17.9. The molecule has 0 saturated heterocycles. The van der Waals surface area contributed by atoms with Crippen molar-refractivity contribution in [1.82, 2.24) is 14.8 Å². The second kappa shape index (κ2) is 8.52. The number of thiophene rings is 1. The van der Waals surface area contributed by atoms with Gasteiger partial charge >= 0.3 is 0 Å². The number of carbonyl (C=O) groups excluding carboxylic acids is 2. The molecule has 0 radical (unpaired) electrons. The molecule has 0 spiro atoms. The van der Waals surface area contributed by atoms with Gasteiger partial charge < -0.3 is 14.8 Å². The molecule has 4 aromatic rings. The van der Waals surface area contributed by atoms with E-state index in [1.165, 1.54) is 5.56 Å². The first-order chi connectivity index (χ1) is 16.0. The van der Waals surface area contributed by atoms with Gasteiger partial charge in [0.15, 0.2) is 0 Å². The van der Waals surface area contributed by atoms with Gasteiger partial charge in [0.25, 0.3) is 5.91 Å². The smallest absolute Gasteiger partial charge is 0.271 e. The van der Waals surface area contributed by atoms with Crippen LogP contribution in [0.5, 0.6) is 0 Å². The molecule has 1 atom stereocenters. The third kappa shape index (κ3) is 3.85. The Bertz CT molecular complexity index is 1310. The van der Waals surface area contributed by atoms with Gasteiger partial charge in [-0.2, -0.15) is 0 Å². The minimum atomic E-state index is -1.02. The highest BCUT2D eigenvalue weighted by Gasteiger charge is 2.47. The van der Waals surface area contributed by atoms with Gasteiger partial charge in [0, 0.05) is 18.5 Å². The van der Waals surface area contributed by atoms with Crippen LogP contribution in [0.15, 0.2) is 72.1 Å². The molecular formula is C27H27N3O2S. The zero-order chi connectivity index (χ0) is 23.0. The molecule has 0 bridgehead atoms. The van der Waals surface area contributed by atoms with Crippen molar-refractivity contribution in [2.75, 3.05) is 0 Å². The Balaban J connectivity index is 1.50. The van der Waals surface area contributed by atoms with Crippen LogP contribution >= 0.6 is 11.3 Å². The average molecular weight is 458 g/mol. The first-order valence-corrected chi connectivity index (χ1v) is 12.2. The van der Waals surface area contributed by atoms with Crippen molar-refractivity contribution >= 4 is 33.4 Å². The van der Waals surface area contributed by atoms with Gasteiger partial charge in [-0.25, -0.2) is 0 Å². The molecule has 1 aliphatic rings. The fraction of sp³-hybridized carbons (Fsp3) is 0.259. The summed E-state index contributed by atoms with van der Waals surface area (Å²) in [5.74, 6) is -0.254. The van der Waals surface area contributed by atoms with Crippen LogP contribution in [0, 0.1) is 0 Å². The van der Waals surface area contributed by atoms with E-state index in [9.17, 15) is 9.59 Å². The molecule has 2 amide bonds. The SMILES string of the molecule is CCc1ccc(CN2C(=O)c3cc4ccsc4n3C[C@]2(C)C(=O)NCc2ccccc2)cc1. The van der Waals surface area contributed by atoms with E-state index in [0.717, 1.165) is 27.8 Å². The van der Waals surface area contributed by atoms with Crippen molar-refractivity contribution < 1.29 is 9.59 Å². The van der Waals surface area contributed by atoms with Crippen LogP contribution in [0.4, 0.5) is 0 Å². The van der Waals surface area contributed by atoms with Crippen LogP contribution < -0.4 is 5.32 Å². The number of benzene rings is 2. The molecule has 168 valence electrons. The number of rotatable bonds is 6. The monoisotopic (exact) mass is 457 g/mol. The van der Waals surface area contributed by atoms with E-state index < -0.39 is 5.54 Å². The fourth-order valence-electron chi connectivity index (χ4n) is 4.54. The summed E-state index contributed by atoms with van der Waals surface area (Å²) in [5.41, 5.74) is 2.93. The van der Waals surface area contributed by atoms with E-state index in [4.69, 9.17) is 0 Å². The number of hydrogen-bond acceptors (Lipinski definition) is 3. The van der Waals surface area contributed by atoms with E-state index in [0.29, 0.717) is 25.3 Å². The molecule has 6 heteroatoms. The van der Waals surface area contributed by atoms with Gasteiger partial charge in [-0.1, -0.05) is 61.5 Å². The molecule has 3 heterocycles. The highest BCUT2D eigenvalue weighted by molar-refractivity contribution is 7.16. The van der Waals surface area contributed by atoms with E-state index in [1.54, 1.807) is 16.2 Å². The summed E-state index contributed by atoms with van der Waals surface area (Å²) in [6.45, 7) is 5.24. The van der Waals surface area contributed by atoms with Crippen LogP contribution in [0.3, 0.4) is 0 Å². The molecule has 0 aliphatic carbocycles. The Hall–Kier alpha value is -3.38. The summed E-state index contributed by atoms with van der Waals surface area (Å²) in [6.07, 6.45) is 0.965. The lowest BCUT2D eigenvalue weighted by molar-refractivity contribution is -0.133. The van der Waals surface area contributed by atoms with Crippen LogP contribution in [0.2, 0.25) is 0 Å². The standard InChI is InChI=1S/C27H27N3O2S/c1-3-19-9-11-21(12-10-19)17-30-24(31)23-15-22-13-14-33-25(22)29(23)18-27(30,2)26(32)28-16-20-7-5-4-6-8-20/h4-15H,3,16-18H2,1-2H3,(H,28,32)/t27-/m1/s1. The summed E-state index contributed by atoms with van der Waals surface area (Å²) in [5, 5.41) is 6.16. The largest absolute Gasteiger partial charge is 0.350 e. The Morgan fingerprint density at radius 2 is 1.76 bits per heavy atom. The predicted molar refractivity (Wildman–Crippen MR) is 132 cm³/mol. The number of hydrogen-bond donors (Lipinski definition) is 1. The quantitative estimate of drug-likeness (QED) is 0.443. The summed E-state index contributed by atoms with van der Waals surface area (Å²) in [4.78, 5) is 30.1. The number of fused-ring (bicyclic) bond motifs is 3. The van der Waals surface area contributed by atoms with E-state index in [1.807, 2.05) is 59.3 Å². The maximum absolute atomic E-state index is 13.7. The van der Waals surface area contributed by atoms with E-state index >= 15 is 0 Å². The predicted octanol–water partition coefficient (Wildman–Crippen LogP) is 5.00. The second-order valence-electron chi connectivity index (χ2n) is 8.80. The summed E-state index contributed by atoms with van der Waals surface area (Å²) in [7, 11) is 0. The lowest BCUT2D eigenvalue weighted by atomic mass is 9.93. The van der Waals surface area contributed by atoms with Gasteiger partial charge in [0.2, 0.25) is 5.91 Å². The van der Waals surface area contributed by atoms with Crippen LogP contribution in [-0.4, -0.2) is 26.8 Å². The van der Waals surface area contributed by atoms with Gasteiger partial charge in [0.05, 0.1) is 6.54 Å². The van der Waals surface area contributed by atoms with Crippen molar-refractivity contribution in [2.45, 2.75) is 45.4 Å². The third-order valence-electron chi connectivity index (χ3n) is 6.59. The second-order valence-corrected chi connectivity index (χ2v) is 9.69. The van der Waals surface area contributed by atoms with Crippen LogP contribution in [-0.2, 0) is 30.8 Å². The van der Waals surface area contributed by atoms with Crippen molar-refractivity contribution in [3.63, 3.8) is 0 Å². The third-order valence-corrected chi connectivity index (χ3v) is 7.54. The Morgan fingerprint density at radius 1 is 1.03 bits per heavy atom. The topological polar surface area (TPSA) is 54.3 Å². The molecule has 2 aromatic heterocycles. The molecule has 5 nitrogen and oxygen atoms in total. The zero-order valence-electron chi connectivity index (χ0n) is 18.9. The molecule has 1 aliphatic heterocycles. The molecule has 0 fully saturated rings. The molecule has 1 N–H and O–H groups in total. The van der Waals surface area contributed by atoms with Crippen LogP contribution in [0.1, 0.15) is 41.0 Å². The highest BCUT2D eigenvalue weighted by atomic mass is 32.1. The van der Waals surface area contributed by atoms with Gasteiger partial charge in [-0.3, -0.25) is 9.59 Å². The lowest BCUT2D eigenvalue weighted by Crippen LogP contribution is -2.63. The summed E-state index contributed by atoms with van der Waals surface area (Å²) >= 11 is 1.60. The minimum absolute atomic E-state index is 0.110. The van der Waals surface area contributed by atoms with E-state index in [2.05, 4.69) is 36.5 Å². The Morgan fingerprint density at radius 3 is 2.48 bits per heavy atom. The number of aromatic nitrogens is 1.